The van der Waals surface area contributed by atoms with Gasteiger partial charge in [-0.2, -0.15) is 0 Å². The second kappa shape index (κ2) is 11.8. The maximum atomic E-state index is 14.2. The molecular formula is C32H44N4O5. The van der Waals surface area contributed by atoms with Crippen LogP contribution in [-0.2, 0) is 19.1 Å². The van der Waals surface area contributed by atoms with E-state index in [0.29, 0.717) is 18.0 Å². The van der Waals surface area contributed by atoms with Crippen LogP contribution in [0.15, 0.2) is 36.4 Å². The van der Waals surface area contributed by atoms with E-state index in [2.05, 4.69) is 22.5 Å². The van der Waals surface area contributed by atoms with E-state index in [1.54, 1.807) is 24.1 Å². The van der Waals surface area contributed by atoms with Crippen molar-refractivity contribution >= 4 is 23.4 Å². The minimum absolute atomic E-state index is 0.119. The van der Waals surface area contributed by atoms with Gasteiger partial charge in [0.25, 0.3) is 0 Å². The number of hydrogen-bond acceptors (Lipinski definition) is 6. The van der Waals surface area contributed by atoms with Crippen LogP contribution in [0.4, 0.5) is 5.69 Å². The highest BCUT2D eigenvalue weighted by molar-refractivity contribution is 6.02. The van der Waals surface area contributed by atoms with Crippen molar-refractivity contribution in [1.29, 1.82) is 0 Å². The van der Waals surface area contributed by atoms with Gasteiger partial charge < -0.3 is 29.9 Å². The summed E-state index contributed by atoms with van der Waals surface area (Å²) in [5.41, 5.74) is -0.530. The first-order valence-corrected chi connectivity index (χ1v) is 15.5. The number of carbonyl (C=O) groups excluding carboxylic acids is 3. The summed E-state index contributed by atoms with van der Waals surface area (Å²) in [6, 6.07) is 6.51. The molecule has 4 heterocycles. The van der Waals surface area contributed by atoms with E-state index in [1.165, 1.54) is 19.3 Å². The zero-order valence-electron chi connectivity index (χ0n) is 24.3. The number of ether oxygens (including phenoxy) is 2. The molecule has 1 aliphatic carbocycles. The van der Waals surface area contributed by atoms with Crippen molar-refractivity contribution in [1.82, 2.24) is 15.1 Å². The number of piperidine rings is 1. The number of methoxy groups -OCH3 is 1. The molecule has 1 aromatic carbocycles. The maximum absolute atomic E-state index is 14.2. The molecule has 5 atom stereocenters. The van der Waals surface area contributed by atoms with Crippen LogP contribution in [-0.4, -0.2) is 84.6 Å². The molecule has 2 N–H and O–H groups in total. The molecule has 0 unspecified atom stereocenters. The summed E-state index contributed by atoms with van der Waals surface area (Å²) in [6.45, 7) is 5.82. The lowest BCUT2D eigenvalue weighted by molar-refractivity contribution is -0.141. The van der Waals surface area contributed by atoms with Gasteiger partial charge in [-0.25, -0.2) is 0 Å². The topological polar surface area (TPSA) is 100 Å². The zero-order valence-corrected chi connectivity index (χ0v) is 24.3. The van der Waals surface area contributed by atoms with E-state index in [1.807, 2.05) is 24.3 Å². The van der Waals surface area contributed by atoms with Crippen LogP contribution in [0.2, 0.25) is 0 Å². The summed E-state index contributed by atoms with van der Waals surface area (Å²) in [5.74, 6) is -0.634. The minimum atomic E-state index is -1.13. The van der Waals surface area contributed by atoms with Gasteiger partial charge in [-0.3, -0.25) is 14.4 Å². The summed E-state index contributed by atoms with van der Waals surface area (Å²) < 4.78 is 11.8. The van der Waals surface area contributed by atoms with Gasteiger partial charge in [-0.1, -0.05) is 44.4 Å². The molecule has 0 radical (unpaired) electrons. The Morgan fingerprint density at radius 2 is 1.85 bits per heavy atom. The van der Waals surface area contributed by atoms with Gasteiger partial charge in [0.1, 0.15) is 17.4 Å². The number of anilines is 1. The first kappa shape index (κ1) is 28.2. The monoisotopic (exact) mass is 564 g/mol. The molecule has 0 aromatic heterocycles. The zero-order chi connectivity index (χ0) is 28.6. The third kappa shape index (κ3) is 5.39. The van der Waals surface area contributed by atoms with Crippen LogP contribution < -0.4 is 15.4 Å². The van der Waals surface area contributed by atoms with Crippen LogP contribution in [0.1, 0.15) is 58.3 Å². The van der Waals surface area contributed by atoms with Crippen molar-refractivity contribution in [3.8, 4) is 5.75 Å². The molecule has 1 saturated carbocycles. The summed E-state index contributed by atoms with van der Waals surface area (Å²) in [4.78, 5) is 46.1. The lowest BCUT2D eigenvalue weighted by Crippen LogP contribution is -2.56. The van der Waals surface area contributed by atoms with Crippen molar-refractivity contribution < 1.29 is 23.9 Å². The maximum Gasteiger partial charge on any atom is 0.246 e. The second-order valence-corrected chi connectivity index (χ2v) is 12.7. The number of fused-ring (bicyclic) bond motifs is 1. The number of hydrogen-bond donors (Lipinski definition) is 2. The summed E-state index contributed by atoms with van der Waals surface area (Å²) in [6.07, 6.45) is 11.7. The van der Waals surface area contributed by atoms with E-state index in [9.17, 15) is 14.4 Å². The summed E-state index contributed by atoms with van der Waals surface area (Å²) in [7, 11) is 1.58. The van der Waals surface area contributed by atoms with Crippen molar-refractivity contribution in [2.75, 3.05) is 38.6 Å². The van der Waals surface area contributed by atoms with Gasteiger partial charge in [-0.05, 0) is 69.8 Å². The molecule has 222 valence electrons. The number of carbonyl (C=O) groups is 3. The van der Waals surface area contributed by atoms with Crippen molar-refractivity contribution in [2.24, 2.45) is 17.8 Å². The Bertz CT molecular complexity index is 1170. The summed E-state index contributed by atoms with van der Waals surface area (Å²) in [5, 5.41) is 6.25. The second-order valence-electron chi connectivity index (χ2n) is 12.7. The Morgan fingerprint density at radius 3 is 2.61 bits per heavy atom. The quantitative estimate of drug-likeness (QED) is 0.447. The molecule has 1 spiro atoms. The largest absolute Gasteiger partial charge is 0.497 e. The molecule has 3 saturated heterocycles. The average Bonchev–Trinajstić information content (AvgIpc) is 3.62. The third-order valence-electron chi connectivity index (χ3n) is 9.96. The van der Waals surface area contributed by atoms with Gasteiger partial charge in [0.15, 0.2) is 0 Å². The molecule has 9 heteroatoms. The SMILES string of the molecule is COc1cccc(NC(=O)[C@@H]2[C@@H]3C=C[C@]4(O3)[C@@H]2C(=O)N(CCCN2CCC(C)CC2)[C@H]4C(=O)NC2CCCCC2)c1. The first-order chi connectivity index (χ1) is 19.9. The van der Waals surface area contributed by atoms with Crippen molar-refractivity contribution in [3.05, 3.63) is 36.4 Å². The van der Waals surface area contributed by atoms with Crippen LogP contribution in [0, 0.1) is 17.8 Å². The smallest absolute Gasteiger partial charge is 0.246 e. The van der Waals surface area contributed by atoms with Crippen molar-refractivity contribution in [2.45, 2.75) is 82.1 Å². The van der Waals surface area contributed by atoms with E-state index in [0.717, 1.165) is 57.7 Å². The molecule has 9 nitrogen and oxygen atoms in total. The van der Waals surface area contributed by atoms with Gasteiger partial charge in [0.2, 0.25) is 17.7 Å². The van der Waals surface area contributed by atoms with Crippen LogP contribution in [0.5, 0.6) is 5.75 Å². The normalized spacial score (nSPS) is 31.9. The van der Waals surface area contributed by atoms with Gasteiger partial charge in [-0.15, -0.1) is 0 Å². The van der Waals surface area contributed by atoms with E-state index in [4.69, 9.17) is 9.47 Å². The molecule has 1 aromatic rings. The predicted octanol–water partition coefficient (Wildman–Crippen LogP) is 3.36. The number of nitrogens with zero attached hydrogens (tertiary/aromatic N) is 2. The Labute approximate surface area is 243 Å². The molecule has 2 bridgehead atoms. The highest BCUT2D eigenvalue weighted by Gasteiger charge is 2.72. The highest BCUT2D eigenvalue weighted by atomic mass is 16.5. The van der Waals surface area contributed by atoms with E-state index < -0.39 is 29.6 Å². The lowest BCUT2D eigenvalue weighted by atomic mass is 9.74. The van der Waals surface area contributed by atoms with E-state index in [-0.39, 0.29) is 23.8 Å². The van der Waals surface area contributed by atoms with Gasteiger partial charge in [0, 0.05) is 24.3 Å². The fourth-order valence-corrected chi connectivity index (χ4v) is 7.71. The average molecular weight is 565 g/mol. The van der Waals surface area contributed by atoms with Gasteiger partial charge in [0.05, 0.1) is 25.0 Å². The van der Waals surface area contributed by atoms with Crippen molar-refractivity contribution in [3.63, 3.8) is 0 Å². The molecule has 3 amide bonds. The Balaban J connectivity index is 1.22. The number of benzene rings is 1. The highest BCUT2D eigenvalue weighted by Crippen LogP contribution is 2.55. The van der Waals surface area contributed by atoms with Crippen LogP contribution >= 0.6 is 0 Å². The molecule has 5 aliphatic rings. The summed E-state index contributed by atoms with van der Waals surface area (Å²) >= 11 is 0. The third-order valence-corrected chi connectivity index (χ3v) is 9.96. The molecule has 4 aliphatic heterocycles. The number of nitrogens with one attached hydrogen (secondary N) is 2. The molecule has 6 rings (SSSR count). The standard InChI is InChI=1S/C32H44N4O5/c1-21-13-18-35(19-14-21)16-7-17-36-28(30(38)33-22-8-4-3-5-9-22)32-15-12-25(41-32)26(27(32)31(36)39)29(37)34-23-10-6-11-24(20-23)40-2/h6,10-12,15,20-22,25-28H,3-5,7-9,13-14,16-19H2,1-2H3,(H,33,38)(H,34,37)/t25-,26+,27-,28-,32-/m0/s1. The number of rotatable bonds is 9. The number of likely N-dealkylation sites (tertiary alicyclic amines) is 2. The minimum Gasteiger partial charge on any atom is -0.497 e. The Morgan fingerprint density at radius 1 is 1.07 bits per heavy atom. The Kier molecular flexibility index (Phi) is 8.10. The molecular weight excluding hydrogens is 520 g/mol. The molecule has 41 heavy (non-hydrogen) atoms. The first-order valence-electron chi connectivity index (χ1n) is 15.5. The fraction of sp³-hybridized carbons (Fsp3) is 0.656. The lowest BCUT2D eigenvalue weighted by Gasteiger charge is -2.35. The fourth-order valence-electron chi connectivity index (χ4n) is 7.71. The van der Waals surface area contributed by atoms with Crippen LogP contribution in [0.25, 0.3) is 0 Å². The molecule has 4 fully saturated rings. The Hall–Kier alpha value is -2.91. The van der Waals surface area contributed by atoms with E-state index >= 15 is 0 Å². The van der Waals surface area contributed by atoms with Crippen LogP contribution in [0.3, 0.4) is 0 Å². The van der Waals surface area contributed by atoms with Gasteiger partial charge >= 0.3 is 0 Å². The number of amides is 3. The predicted molar refractivity (Wildman–Crippen MR) is 155 cm³/mol.